The van der Waals surface area contributed by atoms with Crippen LogP contribution in [0, 0.1) is 0 Å². The van der Waals surface area contributed by atoms with Gasteiger partial charge in [0.05, 0.1) is 0 Å². The fourth-order valence-electron chi connectivity index (χ4n) is 1.39. The lowest BCUT2D eigenvalue weighted by Gasteiger charge is -2.21. The smallest absolute Gasteiger partial charge is 0.373 e. The first-order valence-corrected chi connectivity index (χ1v) is 5.65. The predicted molar refractivity (Wildman–Crippen MR) is 63.7 cm³/mol. The molecule has 1 aromatic rings. The van der Waals surface area contributed by atoms with Gasteiger partial charge in [-0.05, 0) is 12.1 Å². The highest BCUT2D eigenvalue weighted by atomic mass is 19.4. The highest BCUT2D eigenvalue weighted by Gasteiger charge is 2.63. The van der Waals surface area contributed by atoms with E-state index in [0.29, 0.717) is 0 Å². The van der Waals surface area contributed by atoms with E-state index in [1.54, 1.807) is 47.6 Å². The predicted octanol–water partition coefficient (Wildman–Crippen LogP) is 2.44. The van der Waals surface area contributed by atoms with Crippen LogP contribution in [0.25, 0.3) is 0 Å². The Morgan fingerprint density at radius 2 is 1.70 bits per heavy atom. The zero-order valence-corrected chi connectivity index (χ0v) is 10.5. The molecule has 0 aliphatic carbocycles. The van der Waals surface area contributed by atoms with Gasteiger partial charge in [0.25, 0.3) is 5.91 Å². The minimum absolute atomic E-state index is 0.101. The summed E-state index contributed by atoms with van der Waals surface area (Å²) in [7, 11) is 1.63. The van der Waals surface area contributed by atoms with Crippen LogP contribution >= 0.6 is 0 Å². The Balaban J connectivity index is 2.47. The van der Waals surface area contributed by atoms with E-state index in [1.807, 2.05) is 0 Å². The first-order chi connectivity index (χ1) is 9.16. The Morgan fingerprint density at radius 1 is 1.15 bits per heavy atom. The van der Waals surface area contributed by atoms with Crippen molar-refractivity contribution in [3.63, 3.8) is 0 Å². The summed E-state index contributed by atoms with van der Waals surface area (Å²) in [5.41, 5.74) is 0.754. The van der Waals surface area contributed by atoms with Gasteiger partial charge in [0.2, 0.25) is 0 Å². The molecule has 1 rings (SSSR count). The molecule has 0 aliphatic heterocycles. The van der Waals surface area contributed by atoms with Crippen LogP contribution in [0.1, 0.15) is 0 Å². The molecule has 8 heteroatoms. The molecule has 0 atom stereocenters. The van der Waals surface area contributed by atoms with Crippen molar-refractivity contribution in [3.8, 4) is 0 Å². The van der Waals surface area contributed by atoms with E-state index in [9.17, 15) is 26.7 Å². The van der Waals surface area contributed by atoms with Crippen LogP contribution in [0.4, 0.5) is 27.6 Å². The van der Waals surface area contributed by atoms with E-state index < -0.39 is 18.0 Å². The third-order valence-electron chi connectivity index (χ3n) is 2.57. The lowest BCUT2D eigenvalue weighted by Crippen LogP contribution is -2.51. The van der Waals surface area contributed by atoms with Crippen molar-refractivity contribution in [1.82, 2.24) is 5.32 Å². The Kier molecular flexibility index (Phi) is 4.91. The number of hydrogen-bond acceptors (Lipinski definition) is 2. The van der Waals surface area contributed by atoms with Gasteiger partial charge in [-0.3, -0.25) is 4.79 Å². The monoisotopic (exact) mass is 296 g/mol. The van der Waals surface area contributed by atoms with Crippen LogP contribution in [0.15, 0.2) is 30.3 Å². The van der Waals surface area contributed by atoms with Crippen molar-refractivity contribution >= 4 is 11.6 Å². The molecule has 20 heavy (non-hydrogen) atoms. The standard InChI is InChI=1S/C12H13F5N2O/c1-19(9-5-3-2-4-6-9)8-7-18-10(20)11(13,14)12(15,16)17/h2-6H,7-8H2,1H3,(H,18,20). The molecule has 1 N–H and O–H groups in total. The van der Waals surface area contributed by atoms with Gasteiger partial charge in [0, 0.05) is 25.8 Å². The van der Waals surface area contributed by atoms with Crippen LogP contribution in [0.2, 0.25) is 0 Å². The van der Waals surface area contributed by atoms with Crippen molar-refractivity contribution in [1.29, 1.82) is 0 Å². The maximum atomic E-state index is 12.6. The van der Waals surface area contributed by atoms with Crippen molar-refractivity contribution in [2.45, 2.75) is 12.1 Å². The summed E-state index contributed by atoms with van der Waals surface area (Å²) in [6.07, 6.45) is -5.89. The van der Waals surface area contributed by atoms with Crippen LogP contribution in [0.3, 0.4) is 0 Å². The highest BCUT2D eigenvalue weighted by Crippen LogP contribution is 2.35. The number of carbonyl (C=O) groups is 1. The van der Waals surface area contributed by atoms with Gasteiger partial charge >= 0.3 is 12.1 Å². The summed E-state index contributed by atoms with van der Waals surface area (Å²) in [6.45, 7) is -0.223. The minimum atomic E-state index is -5.89. The second-order valence-electron chi connectivity index (χ2n) is 4.09. The number of alkyl halides is 5. The number of nitrogens with zero attached hydrogens (tertiary/aromatic N) is 1. The molecule has 0 spiro atoms. The molecule has 3 nitrogen and oxygen atoms in total. The first-order valence-electron chi connectivity index (χ1n) is 5.65. The van der Waals surface area contributed by atoms with Crippen molar-refractivity contribution in [2.24, 2.45) is 0 Å². The van der Waals surface area contributed by atoms with E-state index >= 15 is 0 Å². The molecule has 0 heterocycles. The summed E-state index contributed by atoms with van der Waals surface area (Å²) >= 11 is 0. The van der Waals surface area contributed by atoms with Gasteiger partial charge in [0.15, 0.2) is 0 Å². The number of para-hydroxylation sites is 1. The van der Waals surface area contributed by atoms with Crippen molar-refractivity contribution in [2.75, 3.05) is 25.0 Å². The van der Waals surface area contributed by atoms with Gasteiger partial charge in [-0.1, -0.05) is 18.2 Å². The molecule has 0 saturated carbocycles. The minimum Gasteiger partial charge on any atom is -0.373 e. The van der Waals surface area contributed by atoms with E-state index in [0.717, 1.165) is 5.69 Å². The SMILES string of the molecule is CN(CCNC(=O)C(F)(F)C(F)(F)F)c1ccccc1. The summed E-state index contributed by atoms with van der Waals surface area (Å²) in [5, 5.41) is 1.58. The summed E-state index contributed by atoms with van der Waals surface area (Å²) in [4.78, 5) is 12.4. The third kappa shape index (κ3) is 3.82. The molecule has 1 amide bonds. The average Bonchev–Trinajstić information content (AvgIpc) is 2.38. The zero-order chi connectivity index (χ0) is 15.4. The fraction of sp³-hybridized carbons (Fsp3) is 0.417. The van der Waals surface area contributed by atoms with Crippen LogP contribution in [0.5, 0.6) is 0 Å². The van der Waals surface area contributed by atoms with E-state index in [4.69, 9.17) is 0 Å². The van der Waals surface area contributed by atoms with Crippen molar-refractivity contribution in [3.05, 3.63) is 30.3 Å². The maximum absolute atomic E-state index is 12.6. The van der Waals surface area contributed by atoms with Gasteiger partial charge in [-0.15, -0.1) is 0 Å². The summed E-state index contributed by atoms with van der Waals surface area (Å²) < 4.78 is 61.0. The number of amides is 1. The largest absolute Gasteiger partial charge is 0.463 e. The molecule has 0 bridgehead atoms. The molecule has 112 valence electrons. The van der Waals surface area contributed by atoms with Gasteiger partial charge < -0.3 is 10.2 Å². The van der Waals surface area contributed by atoms with Crippen molar-refractivity contribution < 1.29 is 26.7 Å². The number of benzene rings is 1. The van der Waals surface area contributed by atoms with Gasteiger partial charge in [-0.25, -0.2) is 0 Å². The Labute approximate surface area is 112 Å². The fourth-order valence-corrected chi connectivity index (χ4v) is 1.39. The van der Waals surface area contributed by atoms with Gasteiger partial charge in [-0.2, -0.15) is 22.0 Å². The Hall–Kier alpha value is -1.86. The lowest BCUT2D eigenvalue weighted by atomic mass is 10.3. The molecule has 0 aromatic heterocycles. The second-order valence-corrected chi connectivity index (χ2v) is 4.09. The number of likely N-dealkylation sites (N-methyl/N-ethyl adjacent to an activating group) is 1. The quantitative estimate of drug-likeness (QED) is 0.846. The topological polar surface area (TPSA) is 32.3 Å². The average molecular weight is 296 g/mol. The van der Waals surface area contributed by atoms with Crippen LogP contribution in [-0.4, -0.2) is 38.1 Å². The number of anilines is 1. The molecule has 1 aromatic carbocycles. The third-order valence-corrected chi connectivity index (χ3v) is 2.57. The number of rotatable bonds is 5. The molecule has 0 aliphatic rings. The first kappa shape index (κ1) is 16.2. The maximum Gasteiger partial charge on any atom is 0.463 e. The number of hydrogen-bond donors (Lipinski definition) is 1. The van der Waals surface area contributed by atoms with Crippen LogP contribution < -0.4 is 10.2 Å². The molecular weight excluding hydrogens is 283 g/mol. The molecular formula is C12H13F5N2O. The van der Waals surface area contributed by atoms with Gasteiger partial charge in [0.1, 0.15) is 0 Å². The lowest BCUT2D eigenvalue weighted by molar-refractivity contribution is -0.269. The molecule has 0 radical (unpaired) electrons. The van der Waals surface area contributed by atoms with Crippen LogP contribution in [-0.2, 0) is 4.79 Å². The normalized spacial score (nSPS) is 12.1. The summed E-state index contributed by atoms with van der Waals surface area (Å²) in [5.74, 6) is -7.72. The van der Waals surface area contributed by atoms with E-state index in [2.05, 4.69) is 0 Å². The highest BCUT2D eigenvalue weighted by molar-refractivity contribution is 5.84. The molecule has 0 saturated heterocycles. The number of carbonyl (C=O) groups excluding carboxylic acids is 1. The number of halogens is 5. The summed E-state index contributed by atoms with van der Waals surface area (Å²) in [6, 6.07) is 8.77. The number of nitrogens with one attached hydrogen (secondary N) is 1. The van der Waals surface area contributed by atoms with E-state index in [1.165, 1.54) is 0 Å². The van der Waals surface area contributed by atoms with E-state index in [-0.39, 0.29) is 13.1 Å². The second kappa shape index (κ2) is 6.06. The zero-order valence-electron chi connectivity index (χ0n) is 10.5. The Morgan fingerprint density at radius 3 is 2.20 bits per heavy atom. The molecule has 0 unspecified atom stereocenters. The molecule has 0 fully saturated rings. The Bertz CT molecular complexity index is 447.